The van der Waals surface area contributed by atoms with Crippen LogP contribution in [0.5, 0.6) is 0 Å². The molecular weight excluding hydrogens is 293 g/mol. The van der Waals surface area contributed by atoms with Crippen molar-refractivity contribution in [3.05, 3.63) is 29.1 Å². The lowest BCUT2D eigenvalue weighted by molar-refractivity contribution is 0.387. The molecule has 5 nitrogen and oxygen atoms in total. The number of hydrogen-bond acceptors (Lipinski definition) is 4. The van der Waals surface area contributed by atoms with Crippen molar-refractivity contribution in [2.75, 3.05) is 37.3 Å². The summed E-state index contributed by atoms with van der Waals surface area (Å²) in [4.78, 5) is 2.08. The van der Waals surface area contributed by atoms with Crippen LogP contribution in [0.2, 0.25) is 0 Å². The van der Waals surface area contributed by atoms with Crippen molar-refractivity contribution < 1.29 is 12.8 Å². The smallest absolute Gasteiger partial charge is 0.211 e. The first-order chi connectivity index (χ1) is 9.70. The standard InChI is InChI=1S/C14H22FN3O2S/c1-10-8-14(12(11(2)16)9-13(10)15)17-4-6-18(7-5-17)21(3,19)20/h8-9,11H,4-7,16H2,1-3H3/t11-/m0/s1. The topological polar surface area (TPSA) is 66.6 Å². The van der Waals surface area contributed by atoms with Crippen LogP contribution in [0.4, 0.5) is 10.1 Å². The predicted molar refractivity (Wildman–Crippen MR) is 82.4 cm³/mol. The van der Waals surface area contributed by atoms with Crippen LogP contribution in [0.15, 0.2) is 12.1 Å². The van der Waals surface area contributed by atoms with Gasteiger partial charge in [0.1, 0.15) is 5.82 Å². The number of halogens is 1. The number of hydrogen-bond donors (Lipinski definition) is 1. The minimum absolute atomic E-state index is 0.263. The van der Waals surface area contributed by atoms with E-state index in [0.717, 1.165) is 11.3 Å². The third kappa shape index (κ3) is 3.53. The third-order valence-electron chi connectivity index (χ3n) is 3.85. The zero-order chi connectivity index (χ0) is 15.8. The van der Waals surface area contributed by atoms with Crippen molar-refractivity contribution in [1.82, 2.24) is 4.31 Å². The van der Waals surface area contributed by atoms with Gasteiger partial charge >= 0.3 is 0 Å². The van der Waals surface area contributed by atoms with E-state index in [4.69, 9.17) is 5.73 Å². The highest BCUT2D eigenvalue weighted by Crippen LogP contribution is 2.29. The van der Waals surface area contributed by atoms with E-state index >= 15 is 0 Å². The molecule has 0 saturated carbocycles. The van der Waals surface area contributed by atoms with Gasteiger partial charge in [-0.2, -0.15) is 4.31 Å². The summed E-state index contributed by atoms with van der Waals surface area (Å²) in [6.07, 6.45) is 1.22. The molecule has 21 heavy (non-hydrogen) atoms. The lowest BCUT2D eigenvalue weighted by atomic mass is 10.0. The number of rotatable bonds is 3. The molecule has 0 radical (unpaired) electrons. The molecule has 1 atom stereocenters. The second-order valence-electron chi connectivity index (χ2n) is 5.60. The van der Waals surface area contributed by atoms with Crippen LogP contribution in [-0.2, 0) is 10.0 Å². The van der Waals surface area contributed by atoms with Crippen LogP contribution in [0.25, 0.3) is 0 Å². The SMILES string of the molecule is Cc1cc(N2CCN(S(C)(=O)=O)CC2)c([C@H](C)N)cc1F. The maximum atomic E-state index is 13.7. The second kappa shape index (κ2) is 5.90. The Kier molecular flexibility index (Phi) is 4.55. The summed E-state index contributed by atoms with van der Waals surface area (Å²) in [5.41, 5.74) is 8.16. The lowest BCUT2D eigenvalue weighted by Gasteiger charge is -2.36. The zero-order valence-electron chi connectivity index (χ0n) is 12.6. The van der Waals surface area contributed by atoms with Gasteiger partial charge in [-0.05, 0) is 37.1 Å². The predicted octanol–water partition coefficient (Wildman–Crippen LogP) is 1.24. The molecule has 1 aliphatic rings. The van der Waals surface area contributed by atoms with Gasteiger partial charge in [-0.1, -0.05) is 0 Å². The molecule has 0 unspecified atom stereocenters. The van der Waals surface area contributed by atoms with Crippen molar-refractivity contribution in [2.24, 2.45) is 5.73 Å². The minimum atomic E-state index is -3.15. The van der Waals surface area contributed by atoms with E-state index in [2.05, 4.69) is 4.90 Å². The van der Waals surface area contributed by atoms with E-state index < -0.39 is 10.0 Å². The highest BCUT2D eigenvalue weighted by atomic mass is 32.2. The second-order valence-corrected chi connectivity index (χ2v) is 7.58. The lowest BCUT2D eigenvalue weighted by Crippen LogP contribution is -2.48. The summed E-state index contributed by atoms with van der Waals surface area (Å²) < 4.78 is 38.3. The van der Waals surface area contributed by atoms with Gasteiger partial charge in [0.2, 0.25) is 10.0 Å². The van der Waals surface area contributed by atoms with E-state index in [9.17, 15) is 12.8 Å². The number of nitrogens with zero attached hydrogens (tertiary/aromatic N) is 2. The number of nitrogens with two attached hydrogens (primary N) is 1. The van der Waals surface area contributed by atoms with Gasteiger partial charge < -0.3 is 10.6 Å². The van der Waals surface area contributed by atoms with E-state index in [1.807, 2.05) is 6.92 Å². The molecule has 2 N–H and O–H groups in total. The van der Waals surface area contributed by atoms with Crippen molar-refractivity contribution in [3.8, 4) is 0 Å². The summed E-state index contributed by atoms with van der Waals surface area (Å²) >= 11 is 0. The quantitative estimate of drug-likeness (QED) is 0.911. The third-order valence-corrected chi connectivity index (χ3v) is 5.15. The molecular formula is C14H22FN3O2S. The number of benzene rings is 1. The summed E-state index contributed by atoms with van der Waals surface area (Å²) in [5, 5.41) is 0. The molecule has 7 heteroatoms. The Labute approximate surface area is 125 Å². The van der Waals surface area contributed by atoms with Gasteiger partial charge in [0.15, 0.2) is 0 Å². The molecule has 0 amide bonds. The van der Waals surface area contributed by atoms with Gasteiger partial charge in [-0.3, -0.25) is 0 Å². The molecule has 1 fully saturated rings. The van der Waals surface area contributed by atoms with Crippen molar-refractivity contribution in [3.63, 3.8) is 0 Å². The molecule has 1 aliphatic heterocycles. The molecule has 1 heterocycles. The monoisotopic (exact) mass is 315 g/mol. The first-order valence-electron chi connectivity index (χ1n) is 6.96. The Balaban J connectivity index is 2.26. The number of anilines is 1. The van der Waals surface area contributed by atoms with Gasteiger partial charge in [0.05, 0.1) is 6.26 Å². The van der Waals surface area contributed by atoms with Gasteiger partial charge in [-0.25, -0.2) is 12.8 Å². The van der Waals surface area contributed by atoms with Crippen LogP contribution >= 0.6 is 0 Å². The Hall–Kier alpha value is -1.18. The Morgan fingerprint density at radius 2 is 1.81 bits per heavy atom. The molecule has 1 aromatic carbocycles. The average molecular weight is 315 g/mol. The Morgan fingerprint density at radius 3 is 2.29 bits per heavy atom. The van der Waals surface area contributed by atoms with E-state index in [1.54, 1.807) is 13.0 Å². The van der Waals surface area contributed by atoms with Crippen molar-refractivity contribution >= 4 is 15.7 Å². The first kappa shape index (κ1) is 16.2. The average Bonchev–Trinajstić information content (AvgIpc) is 2.40. The highest BCUT2D eigenvalue weighted by molar-refractivity contribution is 7.88. The Morgan fingerprint density at radius 1 is 1.24 bits per heavy atom. The molecule has 0 bridgehead atoms. The minimum Gasteiger partial charge on any atom is -0.369 e. The molecule has 1 aromatic rings. The summed E-state index contributed by atoms with van der Waals surface area (Å²) in [6.45, 7) is 5.58. The molecule has 0 spiro atoms. The normalized spacial score (nSPS) is 18.8. The van der Waals surface area contributed by atoms with E-state index in [1.165, 1.54) is 16.6 Å². The zero-order valence-corrected chi connectivity index (χ0v) is 13.5. The Bertz CT molecular complexity index is 623. The highest BCUT2D eigenvalue weighted by Gasteiger charge is 2.25. The maximum absolute atomic E-state index is 13.7. The van der Waals surface area contributed by atoms with Crippen molar-refractivity contribution in [1.29, 1.82) is 0 Å². The number of sulfonamides is 1. The molecule has 118 valence electrons. The van der Waals surface area contributed by atoms with E-state index in [-0.39, 0.29) is 11.9 Å². The molecule has 0 aliphatic carbocycles. The van der Waals surface area contributed by atoms with E-state index in [0.29, 0.717) is 31.7 Å². The molecule has 2 rings (SSSR count). The summed E-state index contributed by atoms with van der Waals surface area (Å²) in [5.74, 6) is -0.263. The van der Waals surface area contributed by atoms with Crippen LogP contribution < -0.4 is 10.6 Å². The largest absolute Gasteiger partial charge is 0.369 e. The molecule has 0 aromatic heterocycles. The maximum Gasteiger partial charge on any atom is 0.211 e. The summed E-state index contributed by atoms with van der Waals surface area (Å²) in [6, 6.07) is 3.01. The van der Waals surface area contributed by atoms with Crippen LogP contribution in [-0.4, -0.2) is 45.2 Å². The van der Waals surface area contributed by atoms with Crippen LogP contribution in [0.1, 0.15) is 24.1 Å². The van der Waals surface area contributed by atoms with Crippen LogP contribution in [0, 0.1) is 12.7 Å². The van der Waals surface area contributed by atoms with Crippen molar-refractivity contribution in [2.45, 2.75) is 19.9 Å². The number of piperazine rings is 1. The fraction of sp³-hybridized carbons (Fsp3) is 0.571. The van der Waals surface area contributed by atoms with Gasteiger partial charge in [0.25, 0.3) is 0 Å². The summed E-state index contributed by atoms with van der Waals surface area (Å²) in [7, 11) is -3.15. The fourth-order valence-electron chi connectivity index (χ4n) is 2.58. The van der Waals surface area contributed by atoms with Crippen LogP contribution in [0.3, 0.4) is 0 Å². The van der Waals surface area contributed by atoms with Gasteiger partial charge in [0, 0.05) is 37.9 Å². The first-order valence-corrected chi connectivity index (χ1v) is 8.80. The molecule has 1 saturated heterocycles. The fourth-order valence-corrected chi connectivity index (χ4v) is 3.41. The van der Waals surface area contributed by atoms with Gasteiger partial charge in [-0.15, -0.1) is 0 Å². The number of aryl methyl sites for hydroxylation is 1.